The predicted molar refractivity (Wildman–Crippen MR) is 105 cm³/mol. The fourth-order valence-corrected chi connectivity index (χ4v) is 2.05. The first-order valence-corrected chi connectivity index (χ1v) is 9.23. The van der Waals surface area contributed by atoms with Crippen molar-refractivity contribution in [2.75, 3.05) is 7.05 Å². The number of rotatable bonds is 7. The highest BCUT2D eigenvalue weighted by Crippen LogP contribution is 2.22. The molecule has 0 aliphatic carbocycles. The minimum absolute atomic E-state index is 0.0786. The van der Waals surface area contributed by atoms with E-state index in [0.29, 0.717) is 11.8 Å². The lowest BCUT2D eigenvalue weighted by molar-refractivity contribution is -0.0425. The quantitative estimate of drug-likeness (QED) is 0.643. The van der Waals surface area contributed by atoms with Gasteiger partial charge >= 0.3 is 0 Å². The number of hydrogen-bond acceptors (Lipinski definition) is 4. The number of ether oxygens (including phenoxy) is 1. The molecule has 4 heteroatoms. The molecule has 0 saturated carbocycles. The highest BCUT2D eigenvalue weighted by molar-refractivity contribution is 5.20. The molecule has 1 unspecified atom stereocenters. The number of hydroxylamine groups is 1. The molecule has 1 rings (SSSR count). The van der Waals surface area contributed by atoms with Gasteiger partial charge in [-0.3, -0.25) is 4.84 Å². The molecule has 1 atom stereocenters. The van der Waals surface area contributed by atoms with Gasteiger partial charge in [0.1, 0.15) is 5.60 Å². The van der Waals surface area contributed by atoms with Gasteiger partial charge in [0.05, 0.1) is 6.10 Å². The van der Waals surface area contributed by atoms with E-state index in [0.717, 1.165) is 6.42 Å². The van der Waals surface area contributed by atoms with Crippen LogP contribution in [-0.4, -0.2) is 23.7 Å². The van der Waals surface area contributed by atoms with Crippen molar-refractivity contribution >= 4 is 0 Å². The molecule has 0 fully saturated rings. The fourth-order valence-electron chi connectivity index (χ4n) is 2.05. The summed E-state index contributed by atoms with van der Waals surface area (Å²) in [5, 5.41) is 0. The van der Waals surface area contributed by atoms with Gasteiger partial charge in [0, 0.05) is 25.7 Å². The van der Waals surface area contributed by atoms with Gasteiger partial charge in [0.15, 0.2) is 0 Å². The van der Waals surface area contributed by atoms with Crippen LogP contribution in [0, 0.1) is 0 Å². The Kier molecular flexibility index (Phi) is 14.9. The lowest BCUT2D eigenvalue weighted by Crippen LogP contribution is -2.34. The maximum atomic E-state index is 5.93. The number of nitrogens with one attached hydrogen (secondary N) is 1. The van der Waals surface area contributed by atoms with Gasteiger partial charge < -0.3 is 4.74 Å². The van der Waals surface area contributed by atoms with Crippen molar-refractivity contribution in [2.45, 2.75) is 92.8 Å². The summed E-state index contributed by atoms with van der Waals surface area (Å²) in [6, 6.07) is 4.00. The second kappa shape index (κ2) is 14.2. The van der Waals surface area contributed by atoms with Crippen molar-refractivity contribution in [3.8, 4) is 5.88 Å². The maximum Gasteiger partial charge on any atom is 0.213 e. The smallest absolute Gasteiger partial charge is 0.213 e. The number of pyridine rings is 1. The zero-order valence-electron chi connectivity index (χ0n) is 17.6. The van der Waals surface area contributed by atoms with Gasteiger partial charge in [0.2, 0.25) is 5.88 Å². The van der Waals surface area contributed by atoms with Crippen LogP contribution < -0.4 is 10.2 Å². The second-order valence-electron chi connectivity index (χ2n) is 6.49. The van der Waals surface area contributed by atoms with Crippen molar-refractivity contribution in [3.63, 3.8) is 0 Å². The van der Waals surface area contributed by atoms with E-state index in [1.54, 1.807) is 7.05 Å². The summed E-state index contributed by atoms with van der Waals surface area (Å²) in [6.45, 7) is 18.6. The molecule has 0 spiro atoms. The standard InChI is InChI=1S/C15H26N2O2.C3H8.C2H6/c1-11(2)13-7-8-14(17-10-13)18-15(4,5)9-12(3)19-16-6;1-3-2;1-2/h7-8,10-12,16H,9H2,1-6H3;3H2,1-2H3;1-2H3. The minimum Gasteiger partial charge on any atom is -0.472 e. The van der Waals surface area contributed by atoms with Gasteiger partial charge in [-0.1, -0.05) is 54.0 Å². The first-order valence-electron chi connectivity index (χ1n) is 9.23. The van der Waals surface area contributed by atoms with Crippen LogP contribution >= 0.6 is 0 Å². The van der Waals surface area contributed by atoms with Crippen molar-refractivity contribution in [3.05, 3.63) is 23.9 Å². The average molecular weight is 341 g/mol. The zero-order valence-corrected chi connectivity index (χ0v) is 17.6. The van der Waals surface area contributed by atoms with E-state index in [-0.39, 0.29) is 11.7 Å². The molecule has 0 saturated heterocycles. The lowest BCUT2D eigenvalue weighted by atomic mass is 10.0. The van der Waals surface area contributed by atoms with Crippen LogP contribution in [0.4, 0.5) is 0 Å². The molecule has 142 valence electrons. The second-order valence-corrected chi connectivity index (χ2v) is 6.49. The lowest BCUT2D eigenvalue weighted by Gasteiger charge is -2.28. The van der Waals surface area contributed by atoms with Crippen LogP contribution in [0.3, 0.4) is 0 Å². The monoisotopic (exact) mass is 340 g/mol. The third-order valence-corrected chi connectivity index (χ3v) is 2.90. The number of hydrogen-bond donors (Lipinski definition) is 1. The van der Waals surface area contributed by atoms with E-state index >= 15 is 0 Å². The van der Waals surface area contributed by atoms with Crippen LogP contribution in [0.5, 0.6) is 5.88 Å². The first-order chi connectivity index (χ1) is 11.3. The van der Waals surface area contributed by atoms with Crippen LogP contribution in [-0.2, 0) is 4.84 Å². The van der Waals surface area contributed by atoms with Crippen molar-refractivity contribution in [1.82, 2.24) is 10.5 Å². The van der Waals surface area contributed by atoms with Crippen LogP contribution in [0.15, 0.2) is 18.3 Å². The molecular formula is C20H40N2O2. The summed E-state index contributed by atoms with van der Waals surface area (Å²) in [4.78, 5) is 9.68. The molecule has 4 nitrogen and oxygen atoms in total. The molecule has 0 aromatic carbocycles. The summed E-state index contributed by atoms with van der Waals surface area (Å²) in [5.41, 5.74) is 3.61. The molecule has 1 aromatic rings. The third-order valence-electron chi connectivity index (χ3n) is 2.90. The fraction of sp³-hybridized carbons (Fsp3) is 0.750. The van der Waals surface area contributed by atoms with Crippen molar-refractivity contribution < 1.29 is 9.57 Å². The molecule has 0 aliphatic rings. The zero-order chi connectivity index (χ0) is 19.2. The Morgan fingerprint density at radius 2 is 1.67 bits per heavy atom. The van der Waals surface area contributed by atoms with E-state index in [4.69, 9.17) is 9.57 Å². The van der Waals surface area contributed by atoms with Crippen molar-refractivity contribution in [2.24, 2.45) is 0 Å². The Hall–Kier alpha value is -1.13. The van der Waals surface area contributed by atoms with Gasteiger partial charge in [-0.05, 0) is 32.3 Å². The van der Waals surface area contributed by atoms with Crippen LogP contribution in [0.1, 0.15) is 86.6 Å². The van der Waals surface area contributed by atoms with E-state index < -0.39 is 0 Å². The number of aromatic nitrogens is 1. The Balaban J connectivity index is 0. The SMILES string of the molecule is CC.CCC.CNOC(C)CC(C)(C)Oc1ccc(C(C)C)cn1. The van der Waals surface area contributed by atoms with Gasteiger partial charge in [-0.15, -0.1) is 0 Å². The Morgan fingerprint density at radius 1 is 1.12 bits per heavy atom. The van der Waals surface area contributed by atoms with E-state index in [1.165, 1.54) is 12.0 Å². The Morgan fingerprint density at radius 3 is 2.04 bits per heavy atom. The normalized spacial score (nSPS) is 11.8. The summed E-state index contributed by atoms with van der Waals surface area (Å²) in [6.07, 6.45) is 3.99. The molecule has 0 aliphatic heterocycles. The largest absolute Gasteiger partial charge is 0.472 e. The van der Waals surface area contributed by atoms with E-state index in [2.05, 4.69) is 44.2 Å². The molecule has 24 heavy (non-hydrogen) atoms. The summed E-state index contributed by atoms with van der Waals surface area (Å²) in [5.74, 6) is 1.14. The molecular weight excluding hydrogens is 300 g/mol. The van der Waals surface area contributed by atoms with Gasteiger partial charge in [-0.25, -0.2) is 10.5 Å². The summed E-state index contributed by atoms with van der Waals surface area (Å²) in [7, 11) is 1.76. The molecule has 1 aromatic heterocycles. The summed E-state index contributed by atoms with van der Waals surface area (Å²) < 4.78 is 5.93. The third kappa shape index (κ3) is 12.3. The van der Waals surface area contributed by atoms with Crippen LogP contribution in [0.25, 0.3) is 0 Å². The minimum atomic E-state index is -0.317. The molecule has 0 radical (unpaired) electrons. The van der Waals surface area contributed by atoms with E-state index in [9.17, 15) is 0 Å². The summed E-state index contributed by atoms with van der Waals surface area (Å²) >= 11 is 0. The highest BCUT2D eigenvalue weighted by atomic mass is 16.7. The molecule has 0 amide bonds. The first kappa shape index (κ1) is 25.1. The number of nitrogens with zero attached hydrogens (tertiary/aromatic N) is 1. The van der Waals surface area contributed by atoms with Crippen molar-refractivity contribution in [1.29, 1.82) is 0 Å². The van der Waals surface area contributed by atoms with Gasteiger partial charge in [-0.2, -0.15) is 0 Å². The maximum absolute atomic E-state index is 5.93. The Labute approximate surface area is 150 Å². The Bertz CT molecular complexity index is 389. The highest BCUT2D eigenvalue weighted by Gasteiger charge is 2.24. The average Bonchev–Trinajstić information content (AvgIpc) is 2.49. The predicted octanol–water partition coefficient (Wildman–Crippen LogP) is 5.73. The molecule has 1 heterocycles. The molecule has 1 N–H and O–H groups in total. The molecule has 0 bridgehead atoms. The van der Waals surface area contributed by atoms with E-state index in [1.807, 2.05) is 46.9 Å². The topological polar surface area (TPSA) is 43.4 Å². The van der Waals surface area contributed by atoms with Gasteiger partial charge in [0.25, 0.3) is 0 Å². The van der Waals surface area contributed by atoms with Crippen LogP contribution in [0.2, 0.25) is 0 Å².